The van der Waals surface area contributed by atoms with Crippen LogP contribution in [0.4, 0.5) is 0 Å². The van der Waals surface area contributed by atoms with Crippen LogP contribution in [0.1, 0.15) is 29.9 Å². The Bertz CT molecular complexity index is 873. The van der Waals surface area contributed by atoms with Gasteiger partial charge in [0.25, 0.3) is 0 Å². The maximum atomic E-state index is 12.3. The van der Waals surface area contributed by atoms with Crippen molar-refractivity contribution in [2.24, 2.45) is 0 Å². The minimum absolute atomic E-state index is 0.125. The van der Waals surface area contributed by atoms with E-state index in [-0.39, 0.29) is 24.7 Å². The van der Waals surface area contributed by atoms with Gasteiger partial charge in [-0.25, -0.2) is 0 Å². The van der Waals surface area contributed by atoms with Crippen molar-refractivity contribution >= 4 is 33.3 Å². The molecule has 25 heavy (non-hydrogen) atoms. The number of rotatable bonds is 7. The molecule has 1 N–H and O–H groups in total. The molecule has 2 aromatic carbocycles. The number of carbonyl (C=O) groups is 2. The van der Waals surface area contributed by atoms with Gasteiger partial charge in [-0.15, -0.1) is 11.3 Å². The normalized spacial score (nSPS) is 12.0. The molecule has 1 amide bonds. The van der Waals surface area contributed by atoms with Crippen LogP contribution < -0.4 is 10.4 Å². The Morgan fingerprint density at radius 1 is 1.00 bits per heavy atom. The number of carbonyl (C=O) groups excluding carboxylic acids is 2. The number of benzene rings is 2. The van der Waals surface area contributed by atoms with Crippen molar-refractivity contribution in [2.75, 3.05) is 0 Å². The number of hydrogen-bond donors (Lipinski definition) is 1. The summed E-state index contributed by atoms with van der Waals surface area (Å²) in [5.41, 5.74) is 1.91. The smallest absolute Gasteiger partial charge is 0.220 e. The predicted molar refractivity (Wildman–Crippen MR) is 97.1 cm³/mol. The molecule has 0 aliphatic heterocycles. The van der Waals surface area contributed by atoms with Crippen LogP contribution in [-0.2, 0) is 16.1 Å². The fourth-order valence-corrected chi connectivity index (χ4v) is 3.86. The summed E-state index contributed by atoms with van der Waals surface area (Å²) in [6.45, 7) is 0.440. The molecule has 1 heterocycles. The molecule has 0 radical (unpaired) electrons. The van der Waals surface area contributed by atoms with Gasteiger partial charge in [0.2, 0.25) is 5.91 Å². The predicted octanol–water partition coefficient (Wildman–Crippen LogP) is 2.83. The molecule has 0 bridgehead atoms. The highest BCUT2D eigenvalue weighted by Crippen LogP contribution is 2.26. The Kier molecular flexibility index (Phi) is 5.46. The van der Waals surface area contributed by atoms with Crippen LogP contribution in [0.15, 0.2) is 60.0 Å². The molecule has 0 fully saturated rings. The van der Waals surface area contributed by atoms with Crippen LogP contribution >= 0.6 is 11.3 Å². The van der Waals surface area contributed by atoms with Crippen molar-refractivity contribution in [3.05, 3.63) is 71.1 Å². The second-order valence-corrected chi connectivity index (χ2v) is 6.83. The van der Waals surface area contributed by atoms with Gasteiger partial charge in [0.1, 0.15) is 0 Å². The molecule has 1 atom stereocenters. The summed E-state index contributed by atoms with van der Waals surface area (Å²) in [5, 5.41) is 17.1. The van der Waals surface area contributed by atoms with Crippen molar-refractivity contribution in [1.29, 1.82) is 0 Å². The van der Waals surface area contributed by atoms with Gasteiger partial charge in [-0.1, -0.05) is 48.5 Å². The van der Waals surface area contributed by atoms with Gasteiger partial charge in [-0.05, 0) is 40.3 Å². The Morgan fingerprint density at radius 3 is 2.48 bits per heavy atom. The molecule has 4 nitrogen and oxygen atoms in total. The van der Waals surface area contributed by atoms with E-state index in [0.29, 0.717) is 6.54 Å². The van der Waals surface area contributed by atoms with E-state index in [4.69, 9.17) is 0 Å². The summed E-state index contributed by atoms with van der Waals surface area (Å²) in [7, 11) is 0. The number of hydrogen-bond acceptors (Lipinski definition) is 4. The molecule has 3 rings (SSSR count). The number of nitrogens with one attached hydrogen (secondary N) is 1. The number of aliphatic carboxylic acids is 1. The highest BCUT2D eigenvalue weighted by molar-refractivity contribution is 7.17. The van der Waals surface area contributed by atoms with E-state index in [1.54, 1.807) is 11.3 Å². The lowest BCUT2D eigenvalue weighted by atomic mass is 9.92. The number of amides is 1. The highest BCUT2D eigenvalue weighted by Gasteiger charge is 2.16. The molecule has 0 unspecified atom stereocenters. The van der Waals surface area contributed by atoms with Crippen LogP contribution in [0.3, 0.4) is 0 Å². The van der Waals surface area contributed by atoms with Crippen molar-refractivity contribution in [1.82, 2.24) is 5.32 Å². The average Bonchev–Trinajstić information content (AvgIpc) is 3.03. The summed E-state index contributed by atoms with van der Waals surface area (Å²) in [6.07, 6.45) is -0.0428. The van der Waals surface area contributed by atoms with E-state index >= 15 is 0 Å². The lowest BCUT2D eigenvalue weighted by Gasteiger charge is -2.17. The van der Waals surface area contributed by atoms with Crippen molar-refractivity contribution in [3.8, 4) is 0 Å². The summed E-state index contributed by atoms with van der Waals surface area (Å²) in [5.74, 6) is -1.69. The third-order valence-corrected chi connectivity index (χ3v) is 5.17. The first-order valence-electron chi connectivity index (χ1n) is 8.10. The third-order valence-electron chi connectivity index (χ3n) is 4.15. The minimum atomic E-state index is -1.15. The summed E-state index contributed by atoms with van der Waals surface area (Å²) in [4.78, 5) is 23.3. The van der Waals surface area contributed by atoms with E-state index < -0.39 is 5.97 Å². The van der Waals surface area contributed by atoms with E-state index in [0.717, 1.165) is 16.5 Å². The Balaban J connectivity index is 1.64. The van der Waals surface area contributed by atoms with Gasteiger partial charge in [0.15, 0.2) is 0 Å². The third kappa shape index (κ3) is 4.45. The lowest BCUT2D eigenvalue weighted by molar-refractivity contribution is -0.306. The fraction of sp³-hybridized carbons (Fsp3) is 0.200. The first kappa shape index (κ1) is 17.2. The Hall–Kier alpha value is -2.66. The monoisotopic (exact) mass is 352 g/mol. The second kappa shape index (κ2) is 7.94. The van der Waals surface area contributed by atoms with Crippen LogP contribution in [0, 0.1) is 0 Å². The SMILES string of the molecule is O=C([O-])C[C@H](CC(=O)NCc1csc2ccccc12)c1ccccc1. The van der Waals surface area contributed by atoms with Crippen molar-refractivity contribution < 1.29 is 14.7 Å². The molecule has 0 saturated carbocycles. The summed E-state index contributed by atoms with van der Waals surface area (Å²) in [6, 6.07) is 17.3. The maximum absolute atomic E-state index is 12.3. The molecule has 1 aromatic heterocycles. The molecule has 0 aliphatic rings. The van der Waals surface area contributed by atoms with Gasteiger partial charge >= 0.3 is 0 Å². The number of thiophene rings is 1. The number of carboxylic acid groups (broad SMARTS) is 1. The molecular formula is C20H18NO3S-. The van der Waals surface area contributed by atoms with Crippen LogP contribution in [0.2, 0.25) is 0 Å². The molecule has 5 heteroatoms. The fourth-order valence-electron chi connectivity index (χ4n) is 2.89. The van der Waals surface area contributed by atoms with Gasteiger partial charge in [0.05, 0.1) is 0 Å². The van der Waals surface area contributed by atoms with E-state index in [2.05, 4.69) is 11.4 Å². The summed E-state index contributed by atoms with van der Waals surface area (Å²) >= 11 is 1.65. The quantitative estimate of drug-likeness (QED) is 0.711. The van der Waals surface area contributed by atoms with Gasteiger partial charge in [-0.3, -0.25) is 4.79 Å². The van der Waals surface area contributed by atoms with Crippen LogP contribution in [0.25, 0.3) is 10.1 Å². The average molecular weight is 352 g/mol. The lowest BCUT2D eigenvalue weighted by Crippen LogP contribution is -2.28. The second-order valence-electron chi connectivity index (χ2n) is 5.92. The minimum Gasteiger partial charge on any atom is -0.550 e. The zero-order valence-electron chi connectivity index (χ0n) is 13.6. The zero-order valence-corrected chi connectivity index (χ0v) is 14.4. The highest BCUT2D eigenvalue weighted by atomic mass is 32.1. The Labute approximate surface area is 150 Å². The molecule has 0 saturated heterocycles. The largest absolute Gasteiger partial charge is 0.550 e. The van der Waals surface area contributed by atoms with Crippen LogP contribution in [-0.4, -0.2) is 11.9 Å². The molecule has 0 spiro atoms. The van der Waals surface area contributed by atoms with E-state index in [1.807, 2.05) is 53.9 Å². The van der Waals surface area contributed by atoms with Crippen molar-refractivity contribution in [3.63, 3.8) is 0 Å². The molecule has 0 aliphatic carbocycles. The standard InChI is InChI=1S/C20H19NO3S/c22-19(10-15(11-20(23)24)14-6-2-1-3-7-14)21-12-16-13-25-18-9-5-4-8-17(16)18/h1-9,13,15H,10-12H2,(H,21,22)(H,23,24)/p-1/t15-/m0/s1. The Morgan fingerprint density at radius 2 is 1.72 bits per heavy atom. The molecular weight excluding hydrogens is 334 g/mol. The molecule has 128 valence electrons. The molecule has 3 aromatic rings. The van der Waals surface area contributed by atoms with Gasteiger partial charge in [0, 0.05) is 23.6 Å². The van der Waals surface area contributed by atoms with Crippen LogP contribution in [0.5, 0.6) is 0 Å². The van der Waals surface area contributed by atoms with Gasteiger partial charge in [-0.2, -0.15) is 0 Å². The number of carboxylic acids is 1. The maximum Gasteiger partial charge on any atom is 0.220 e. The summed E-state index contributed by atoms with van der Waals surface area (Å²) < 4.78 is 1.19. The first-order valence-corrected chi connectivity index (χ1v) is 8.98. The van der Waals surface area contributed by atoms with Gasteiger partial charge < -0.3 is 15.2 Å². The zero-order chi connectivity index (χ0) is 17.6. The first-order chi connectivity index (χ1) is 12.1. The number of fused-ring (bicyclic) bond motifs is 1. The van der Waals surface area contributed by atoms with E-state index in [9.17, 15) is 14.7 Å². The van der Waals surface area contributed by atoms with E-state index in [1.165, 1.54) is 4.70 Å². The van der Waals surface area contributed by atoms with Crippen molar-refractivity contribution in [2.45, 2.75) is 25.3 Å². The topological polar surface area (TPSA) is 69.2 Å².